The summed E-state index contributed by atoms with van der Waals surface area (Å²) in [6.45, 7) is 0. The number of halogens is 3. The Morgan fingerprint density at radius 3 is 2.25 bits per heavy atom. The third-order valence-corrected chi connectivity index (χ3v) is 6.09. The number of carbonyl (C=O) groups is 1. The third kappa shape index (κ3) is 4.71. The Morgan fingerprint density at radius 2 is 1.61 bits per heavy atom. The lowest BCUT2D eigenvalue weighted by molar-refractivity contribution is 0.102. The highest BCUT2D eigenvalue weighted by molar-refractivity contribution is 7.89. The van der Waals surface area contributed by atoms with Crippen molar-refractivity contribution in [2.75, 3.05) is 5.32 Å². The normalized spacial score (nSPS) is 15.4. The third-order valence-electron chi connectivity index (χ3n) is 4.58. The van der Waals surface area contributed by atoms with Gasteiger partial charge in [-0.3, -0.25) is 4.79 Å². The zero-order valence-electron chi connectivity index (χ0n) is 14.8. The smallest absolute Gasteiger partial charge is 0.255 e. The molecular formula is C19H19F3N2O3S. The first-order valence-electron chi connectivity index (χ1n) is 8.84. The molecule has 1 amide bonds. The molecule has 0 saturated heterocycles. The minimum Gasteiger partial charge on any atom is -0.322 e. The Hall–Kier alpha value is -2.39. The Balaban J connectivity index is 1.77. The van der Waals surface area contributed by atoms with Gasteiger partial charge in [0, 0.05) is 29.4 Å². The highest BCUT2D eigenvalue weighted by Gasteiger charge is 2.23. The van der Waals surface area contributed by atoms with Gasteiger partial charge >= 0.3 is 0 Å². The molecule has 2 aromatic rings. The molecule has 28 heavy (non-hydrogen) atoms. The minimum absolute atomic E-state index is 0.0170. The molecule has 0 aliphatic heterocycles. The predicted octanol–water partition coefficient (Wildman–Crippen LogP) is 3.97. The number of nitrogens with one attached hydrogen (secondary N) is 2. The number of anilines is 1. The molecule has 3 rings (SSSR count). The molecule has 1 aliphatic carbocycles. The first-order chi connectivity index (χ1) is 13.3. The second kappa shape index (κ2) is 8.32. The van der Waals surface area contributed by atoms with Gasteiger partial charge in [0.25, 0.3) is 5.91 Å². The van der Waals surface area contributed by atoms with E-state index in [4.69, 9.17) is 0 Å². The molecule has 1 aliphatic rings. The van der Waals surface area contributed by atoms with Crippen molar-refractivity contribution in [1.82, 2.24) is 4.72 Å². The molecule has 0 aromatic heterocycles. The number of carbonyl (C=O) groups excluding carboxylic acids is 1. The highest BCUT2D eigenvalue weighted by Crippen LogP contribution is 2.21. The minimum atomic E-state index is -3.81. The molecule has 0 atom stereocenters. The van der Waals surface area contributed by atoms with Gasteiger partial charge < -0.3 is 5.32 Å². The Bertz CT molecular complexity index is 967. The zero-order valence-corrected chi connectivity index (χ0v) is 15.7. The van der Waals surface area contributed by atoms with E-state index in [1.165, 1.54) is 24.3 Å². The van der Waals surface area contributed by atoms with E-state index in [2.05, 4.69) is 10.0 Å². The van der Waals surface area contributed by atoms with Crippen LogP contribution in [-0.2, 0) is 10.0 Å². The molecule has 0 unspecified atom stereocenters. The number of rotatable bonds is 5. The summed E-state index contributed by atoms with van der Waals surface area (Å²) in [7, 11) is -3.81. The van der Waals surface area contributed by atoms with Crippen LogP contribution >= 0.6 is 0 Å². The Morgan fingerprint density at radius 1 is 0.964 bits per heavy atom. The summed E-state index contributed by atoms with van der Waals surface area (Å²) in [5.74, 6) is -5.30. The Kier molecular flexibility index (Phi) is 6.04. The summed E-state index contributed by atoms with van der Waals surface area (Å²) in [6, 6.07) is 6.45. The van der Waals surface area contributed by atoms with Crippen LogP contribution in [0.4, 0.5) is 18.9 Å². The first kappa shape index (κ1) is 20.3. The summed E-state index contributed by atoms with van der Waals surface area (Å²) < 4.78 is 67.4. The lowest BCUT2D eigenvalue weighted by Gasteiger charge is -2.22. The monoisotopic (exact) mass is 412 g/mol. The van der Waals surface area contributed by atoms with E-state index in [-0.39, 0.29) is 22.2 Å². The SMILES string of the molecule is O=C(Nc1cc(F)c(F)c(F)c1)c1cccc(S(=O)(=O)NC2CCCCC2)c1. The summed E-state index contributed by atoms with van der Waals surface area (Å²) in [5, 5.41) is 2.23. The molecule has 9 heteroatoms. The van der Waals surface area contributed by atoms with Gasteiger partial charge in [0.2, 0.25) is 10.0 Å². The number of sulfonamides is 1. The van der Waals surface area contributed by atoms with Gasteiger partial charge in [-0.1, -0.05) is 25.3 Å². The van der Waals surface area contributed by atoms with Gasteiger partial charge in [-0.2, -0.15) is 0 Å². The molecule has 1 saturated carbocycles. The number of amides is 1. The maximum absolute atomic E-state index is 13.3. The van der Waals surface area contributed by atoms with E-state index >= 15 is 0 Å². The van der Waals surface area contributed by atoms with Crippen molar-refractivity contribution in [2.24, 2.45) is 0 Å². The van der Waals surface area contributed by atoms with Crippen molar-refractivity contribution in [3.8, 4) is 0 Å². The van der Waals surface area contributed by atoms with E-state index in [1.807, 2.05) is 0 Å². The quantitative estimate of drug-likeness (QED) is 0.730. The molecule has 0 bridgehead atoms. The first-order valence-corrected chi connectivity index (χ1v) is 10.3. The molecule has 2 aromatic carbocycles. The van der Waals surface area contributed by atoms with Crippen LogP contribution in [0.3, 0.4) is 0 Å². The van der Waals surface area contributed by atoms with E-state index in [0.717, 1.165) is 32.1 Å². The van der Waals surface area contributed by atoms with Crippen LogP contribution in [0.1, 0.15) is 42.5 Å². The maximum Gasteiger partial charge on any atom is 0.255 e. The van der Waals surface area contributed by atoms with Gasteiger partial charge in [0.1, 0.15) is 0 Å². The van der Waals surface area contributed by atoms with E-state index in [9.17, 15) is 26.4 Å². The number of hydrogen-bond acceptors (Lipinski definition) is 3. The standard InChI is InChI=1S/C19H19F3N2O3S/c20-16-10-14(11-17(21)18(16)22)23-19(25)12-5-4-8-15(9-12)28(26,27)24-13-6-2-1-3-7-13/h4-5,8-11,13,24H,1-3,6-7H2,(H,23,25). The predicted molar refractivity (Wildman–Crippen MR) is 97.9 cm³/mol. The summed E-state index contributed by atoms with van der Waals surface area (Å²) in [6.07, 6.45) is 4.53. The fraction of sp³-hybridized carbons (Fsp3) is 0.316. The summed E-state index contributed by atoms with van der Waals surface area (Å²) >= 11 is 0. The van der Waals surface area contributed by atoms with Crippen LogP contribution in [0.15, 0.2) is 41.3 Å². The molecule has 0 spiro atoms. The van der Waals surface area contributed by atoms with E-state index < -0.39 is 33.4 Å². The molecule has 150 valence electrons. The van der Waals surface area contributed by atoms with Crippen LogP contribution in [0.2, 0.25) is 0 Å². The van der Waals surface area contributed by atoms with Crippen molar-refractivity contribution in [3.05, 3.63) is 59.4 Å². The largest absolute Gasteiger partial charge is 0.322 e. The van der Waals surface area contributed by atoms with Gasteiger partial charge in [-0.25, -0.2) is 26.3 Å². The molecular weight excluding hydrogens is 393 g/mol. The van der Waals surface area contributed by atoms with Crippen LogP contribution in [0.5, 0.6) is 0 Å². The summed E-state index contributed by atoms with van der Waals surface area (Å²) in [5.41, 5.74) is -0.299. The van der Waals surface area contributed by atoms with Crippen molar-refractivity contribution in [2.45, 2.75) is 43.0 Å². The van der Waals surface area contributed by atoms with Crippen LogP contribution in [0, 0.1) is 17.5 Å². The number of hydrogen-bond donors (Lipinski definition) is 2. The van der Waals surface area contributed by atoms with Crippen molar-refractivity contribution in [3.63, 3.8) is 0 Å². The van der Waals surface area contributed by atoms with Gasteiger partial charge in [-0.05, 0) is 31.0 Å². The van der Waals surface area contributed by atoms with Crippen LogP contribution in [0.25, 0.3) is 0 Å². The van der Waals surface area contributed by atoms with Gasteiger partial charge in [0.15, 0.2) is 17.5 Å². The second-order valence-electron chi connectivity index (χ2n) is 6.69. The molecule has 1 fully saturated rings. The molecule has 0 heterocycles. The number of benzene rings is 2. The van der Waals surface area contributed by atoms with E-state index in [1.54, 1.807) is 0 Å². The second-order valence-corrected chi connectivity index (χ2v) is 8.41. The topological polar surface area (TPSA) is 75.3 Å². The molecule has 0 radical (unpaired) electrons. The van der Waals surface area contributed by atoms with Crippen molar-refractivity contribution in [1.29, 1.82) is 0 Å². The lowest BCUT2D eigenvalue weighted by Crippen LogP contribution is -2.36. The Labute approximate surface area is 161 Å². The fourth-order valence-corrected chi connectivity index (χ4v) is 4.49. The van der Waals surface area contributed by atoms with Crippen LogP contribution in [-0.4, -0.2) is 20.4 Å². The van der Waals surface area contributed by atoms with E-state index in [0.29, 0.717) is 12.1 Å². The zero-order chi connectivity index (χ0) is 20.3. The maximum atomic E-state index is 13.3. The summed E-state index contributed by atoms with van der Waals surface area (Å²) in [4.78, 5) is 12.2. The highest BCUT2D eigenvalue weighted by atomic mass is 32.2. The van der Waals surface area contributed by atoms with Crippen molar-refractivity contribution < 1.29 is 26.4 Å². The molecule has 2 N–H and O–H groups in total. The fourth-order valence-electron chi connectivity index (χ4n) is 3.14. The van der Waals surface area contributed by atoms with Crippen molar-refractivity contribution >= 4 is 21.6 Å². The average molecular weight is 412 g/mol. The van der Waals surface area contributed by atoms with Crippen LogP contribution < -0.4 is 10.0 Å². The average Bonchev–Trinajstić information content (AvgIpc) is 2.66. The van der Waals surface area contributed by atoms with Gasteiger partial charge in [-0.15, -0.1) is 0 Å². The lowest BCUT2D eigenvalue weighted by atomic mass is 9.96. The molecule has 5 nitrogen and oxygen atoms in total. The van der Waals surface area contributed by atoms with Gasteiger partial charge in [0.05, 0.1) is 4.90 Å².